The Morgan fingerprint density at radius 3 is 2.18 bits per heavy atom. The van der Waals surface area contributed by atoms with Crippen molar-refractivity contribution in [1.29, 1.82) is 0 Å². The maximum absolute atomic E-state index is 12.9. The lowest BCUT2D eigenvalue weighted by atomic mass is 9.86. The molecule has 0 radical (unpaired) electrons. The number of fused-ring (bicyclic) bond motifs is 1. The molecular weight excluding hydrogens is 384 g/mol. The van der Waals surface area contributed by atoms with E-state index in [0.717, 1.165) is 11.8 Å². The third kappa shape index (κ3) is 3.01. The van der Waals surface area contributed by atoms with Crippen molar-refractivity contribution in [2.75, 3.05) is 0 Å². The summed E-state index contributed by atoms with van der Waals surface area (Å²) in [5.41, 5.74) is 0.417. The van der Waals surface area contributed by atoms with Crippen molar-refractivity contribution in [3.8, 4) is 0 Å². The number of benzene rings is 1. The van der Waals surface area contributed by atoms with Gasteiger partial charge in [0.1, 0.15) is 22.8 Å². The zero-order valence-electron chi connectivity index (χ0n) is 15.3. The Kier molecular flexibility index (Phi) is 4.91. The molecule has 6 nitrogen and oxygen atoms in total. The monoisotopic (exact) mass is 398 g/mol. The summed E-state index contributed by atoms with van der Waals surface area (Å²) in [5.74, 6) is -3.77. The summed E-state index contributed by atoms with van der Waals surface area (Å²) in [6.07, 6.45) is 1.05. The Labute approximate surface area is 165 Å². The van der Waals surface area contributed by atoms with Crippen LogP contribution in [-0.4, -0.2) is 28.2 Å². The number of ketones is 4. The molecule has 142 valence electrons. The van der Waals surface area contributed by atoms with Crippen LogP contribution in [0.25, 0.3) is 5.57 Å². The van der Waals surface area contributed by atoms with Gasteiger partial charge in [-0.2, -0.15) is 0 Å². The number of aryl methyl sites for hydroxylation is 1. The van der Waals surface area contributed by atoms with Gasteiger partial charge in [0.25, 0.3) is 0 Å². The molecule has 7 heteroatoms. The number of carbonyl (C=O) groups excluding carboxylic acids is 4. The number of carbonyl (C=O) groups is 4. The highest BCUT2D eigenvalue weighted by molar-refractivity contribution is 6.65. The lowest BCUT2D eigenvalue weighted by Gasteiger charge is -2.16. The summed E-state index contributed by atoms with van der Waals surface area (Å²) in [4.78, 5) is 49.8. The van der Waals surface area contributed by atoms with Crippen molar-refractivity contribution < 1.29 is 28.7 Å². The number of allylic oxidation sites excluding steroid dienone is 4. The molecule has 0 spiro atoms. The Morgan fingerprint density at radius 2 is 1.64 bits per heavy atom. The van der Waals surface area contributed by atoms with Gasteiger partial charge in [-0.15, -0.1) is 0 Å². The van der Waals surface area contributed by atoms with Crippen LogP contribution in [0.5, 0.6) is 0 Å². The fourth-order valence-electron chi connectivity index (χ4n) is 3.06. The minimum atomic E-state index is -1.08. The molecule has 1 aromatic heterocycles. The smallest absolute Gasteiger partial charge is 0.245 e. The van der Waals surface area contributed by atoms with Crippen molar-refractivity contribution in [3.63, 3.8) is 0 Å². The van der Waals surface area contributed by atoms with Crippen molar-refractivity contribution in [1.82, 2.24) is 0 Å². The number of hydrogen-bond donors (Lipinski definition) is 1. The summed E-state index contributed by atoms with van der Waals surface area (Å²) >= 11 is 6.03. The molecule has 0 bridgehead atoms. The van der Waals surface area contributed by atoms with Crippen LogP contribution in [0.3, 0.4) is 0 Å². The second kappa shape index (κ2) is 7.05. The fraction of sp³-hybridized carbons (Fsp3) is 0.143. The van der Waals surface area contributed by atoms with Crippen LogP contribution in [0, 0.1) is 6.92 Å². The standard InChI is InChI=1S/C21H15ClO6/c1-9-4-6-12(7-5-9)18(25)13-8-28-21-15(13)19(26)20(27)17(22)16(21)14(10(2)23)11(3)24/h4-8,23H,1-3H3/b14-10-. The lowest BCUT2D eigenvalue weighted by Crippen LogP contribution is -2.24. The minimum Gasteiger partial charge on any atom is -0.512 e. The molecule has 0 saturated heterocycles. The van der Waals surface area contributed by atoms with E-state index in [-0.39, 0.29) is 28.0 Å². The van der Waals surface area contributed by atoms with Crippen LogP contribution in [0.15, 0.2) is 51.3 Å². The van der Waals surface area contributed by atoms with Crippen molar-refractivity contribution >= 4 is 40.3 Å². The number of furan rings is 1. The maximum Gasteiger partial charge on any atom is 0.245 e. The first-order valence-electron chi connectivity index (χ1n) is 8.28. The highest BCUT2D eigenvalue weighted by Crippen LogP contribution is 2.40. The fourth-order valence-corrected chi connectivity index (χ4v) is 3.32. The van der Waals surface area contributed by atoms with Crippen LogP contribution in [0.1, 0.15) is 51.5 Å². The van der Waals surface area contributed by atoms with Crippen LogP contribution >= 0.6 is 11.6 Å². The zero-order chi connectivity index (χ0) is 20.7. The van der Waals surface area contributed by atoms with Crippen molar-refractivity contribution in [2.24, 2.45) is 0 Å². The van der Waals surface area contributed by atoms with E-state index in [2.05, 4.69) is 0 Å². The van der Waals surface area contributed by atoms with Gasteiger partial charge in [0.15, 0.2) is 11.6 Å². The summed E-state index contributed by atoms with van der Waals surface area (Å²) in [7, 11) is 0. The summed E-state index contributed by atoms with van der Waals surface area (Å²) in [5, 5.41) is 9.37. The van der Waals surface area contributed by atoms with Gasteiger partial charge in [0, 0.05) is 5.56 Å². The van der Waals surface area contributed by atoms with Gasteiger partial charge in [0.2, 0.25) is 11.6 Å². The van der Waals surface area contributed by atoms with E-state index in [0.29, 0.717) is 5.56 Å². The quantitative estimate of drug-likeness (QED) is 0.362. The van der Waals surface area contributed by atoms with Gasteiger partial charge in [-0.05, 0) is 20.8 Å². The van der Waals surface area contributed by atoms with Gasteiger partial charge in [-0.3, -0.25) is 19.2 Å². The normalized spacial score (nSPS) is 14.7. The van der Waals surface area contributed by atoms with Crippen molar-refractivity contribution in [2.45, 2.75) is 20.8 Å². The number of rotatable bonds is 4. The van der Waals surface area contributed by atoms with Crippen LogP contribution in [0.4, 0.5) is 0 Å². The molecule has 3 rings (SSSR count). The first-order valence-corrected chi connectivity index (χ1v) is 8.66. The summed E-state index contributed by atoms with van der Waals surface area (Å²) in [6.45, 7) is 4.28. The van der Waals surface area contributed by atoms with E-state index < -0.39 is 33.9 Å². The second-order valence-corrected chi connectivity index (χ2v) is 6.79. The number of aliphatic hydroxyl groups is 1. The number of aliphatic hydroxyl groups excluding tert-OH is 1. The van der Waals surface area contributed by atoms with E-state index in [1.54, 1.807) is 24.3 Å². The molecule has 1 aliphatic rings. The maximum atomic E-state index is 12.9. The third-order valence-electron chi connectivity index (χ3n) is 4.39. The van der Waals surface area contributed by atoms with Crippen LogP contribution in [-0.2, 0) is 9.59 Å². The third-order valence-corrected chi connectivity index (χ3v) is 4.75. The second-order valence-electron chi connectivity index (χ2n) is 6.41. The van der Waals surface area contributed by atoms with Crippen LogP contribution in [0.2, 0.25) is 0 Å². The van der Waals surface area contributed by atoms with Gasteiger partial charge >= 0.3 is 0 Å². The topological polar surface area (TPSA) is 102 Å². The van der Waals surface area contributed by atoms with E-state index in [1.807, 2.05) is 6.92 Å². The SMILES string of the molecule is CC(=O)/C(C1=C(Cl)C(=O)C(=O)c2c(C(=O)c3ccc(C)cc3)coc21)=C(\C)O. The molecule has 1 aromatic carbocycles. The molecule has 28 heavy (non-hydrogen) atoms. The number of hydrogen-bond acceptors (Lipinski definition) is 6. The average Bonchev–Trinajstić information content (AvgIpc) is 3.07. The van der Waals surface area contributed by atoms with Crippen molar-refractivity contribution in [3.05, 3.63) is 74.9 Å². The first kappa shape index (κ1) is 19.5. The Morgan fingerprint density at radius 1 is 1.04 bits per heavy atom. The Bertz CT molecular complexity index is 1110. The lowest BCUT2D eigenvalue weighted by molar-refractivity contribution is -0.113. The molecule has 1 aliphatic carbocycles. The number of halogens is 1. The Balaban J connectivity index is 2.25. The predicted molar refractivity (Wildman–Crippen MR) is 101 cm³/mol. The van der Waals surface area contributed by atoms with Gasteiger partial charge in [-0.25, -0.2) is 0 Å². The molecule has 0 unspecified atom stereocenters. The largest absolute Gasteiger partial charge is 0.512 e. The molecule has 0 amide bonds. The highest BCUT2D eigenvalue weighted by Gasteiger charge is 2.40. The molecule has 0 atom stereocenters. The van der Waals surface area contributed by atoms with Gasteiger partial charge in [0.05, 0.1) is 22.3 Å². The molecule has 2 aromatic rings. The first-order chi connectivity index (χ1) is 13.1. The van der Waals surface area contributed by atoms with Gasteiger partial charge < -0.3 is 9.52 Å². The Hall–Kier alpha value is -3.25. The van der Waals surface area contributed by atoms with E-state index in [1.165, 1.54) is 13.8 Å². The van der Waals surface area contributed by atoms with E-state index >= 15 is 0 Å². The van der Waals surface area contributed by atoms with Crippen LogP contribution < -0.4 is 0 Å². The highest BCUT2D eigenvalue weighted by atomic mass is 35.5. The molecule has 1 heterocycles. The molecule has 0 aliphatic heterocycles. The van der Waals surface area contributed by atoms with E-state index in [9.17, 15) is 24.3 Å². The van der Waals surface area contributed by atoms with E-state index in [4.69, 9.17) is 16.0 Å². The predicted octanol–water partition coefficient (Wildman–Crippen LogP) is 3.96. The van der Waals surface area contributed by atoms with Gasteiger partial charge in [-0.1, -0.05) is 41.4 Å². The molecular formula is C21H15ClO6. The number of Topliss-reactive ketones (excluding diaryl/α,β-unsaturated/α-hetero) is 3. The average molecular weight is 399 g/mol. The summed E-state index contributed by atoms with van der Waals surface area (Å²) < 4.78 is 5.40. The molecule has 1 N–H and O–H groups in total. The molecule has 0 fully saturated rings. The zero-order valence-corrected chi connectivity index (χ0v) is 16.0. The summed E-state index contributed by atoms with van der Waals surface area (Å²) in [6, 6.07) is 6.66. The molecule has 0 saturated carbocycles. The minimum absolute atomic E-state index is 0.114.